The third-order valence-corrected chi connectivity index (χ3v) is 2.21. The first kappa shape index (κ1) is 9.88. The Balaban J connectivity index is 2.63. The first-order valence-corrected chi connectivity index (χ1v) is 3.88. The van der Waals surface area contributed by atoms with E-state index in [4.69, 9.17) is 14.9 Å². The number of rotatable bonds is 1. The molecule has 5 nitrogen and oxygen atoms in total. The summed E-state index contributed by atoms with van der Waals surface area (Å²) in [5, 5.41) is 36.4. The van der Waals surface area contributed by atoms with Crippen LogP contribution in [0.25, 0.3) is 0 Å². The second-order valence-corrected chi connectivity index (χ2v) is 3.09. The molecule has 0 bridgehead atoms. The van der Waals surface area contributed by atoms with Crippen LogP contribution in [0, 0.1) is 5.92 Å². The first-order chi connectivity index (χ1) is 5.57. The lowest BCUT2D eigenvalue weighted by Gasteiger charge is -2.38. The van der Waals surface area contributed by atoms with E-state index in [-0.39, 0.29) is 0 Å². The Morgan fingerprint density at radius 3 is 2.25 bits per heavy atom. The molecule has 1 saturated heterocycles. The average Bonchev–Trinajstić information content (AvgIpc) is 2.08. The lowest BCUT2D eigenvalue weighted by Crippen LogP contribution is -2.54. The van der Waals surface area contributed by atoms with Gasteiger partial charge in [-0.25, -0.2) is 0 Å². The molecule has 1 aliphatic heterocycles. The van der Waals surface area contributed by atoms with Crippen molar-refractivity contribution in [3.05, 3.63) is 0 Å². The highest BCUT2D eigenvalue weighted by Crippen LogP contribution is 2.23. The van der Waals surface area contributed by atoms with E-state index in [1.807, 2.05) is 0 Å². The monoisotopic (exact) mass is 178 g/mol. The highest BCUT2D eigenvalue weighted by molar-refractivity contribution is 4.86. The van der Waals surface area contributed by atoms with Gasteiger partial charge in [-0.2, -0.15) is 0 Å². The number of aliphatic hydroxyl groups is 4. The molecule has 0 aromatic carbocycles. The van der Waals surface area contributed by atoms with Gasteiger partial charge in [0.2, 0.25) is 0 Å². The maximum atomic E-state index is 9.32. The Bertz CT molecular complexity index is 146. The van der Waals surface area contributed by atoms with E-state index in [0.717, 1.165) is 0 Å². The smallest absolute Gasteiger partial charge is 0.160 e. The molecular weight excluding hydrogens is 164 g/mol. The minimum atomic E-state index is -1.13. The summed E-state index contributed by atoms with van der Waals surface area (Å²) >= 11 is 0. The van der Waals surface area contributed by atoms with Crippen molar-refractivity contribution in [2.75, 3.05) is 6.61 Å². The predicted molar refractivity (Wildman–Crippen MR) is 39.1 cm³/mol. The summed E-state index contributed by atoms with van der Waals surface area (Å²) in [6, 6.07) is 0. The van der Waals surface area contributed by atoms with Gasteiger partial charge in [0.15, 0.2) is 6.29 Å². The van der Waals surface area contributed by atoms with Crippen molar-refractivity contribution in [2.45, 2.75) is 31.5 Å². The molecule has 72 valence electrons. The molecule has 0 saturated carbocycles. The van der Waals surface area contributed by atoms with Crippen LogP contribution >= 0.6 is 0 Å². The Hall–Kier alpha value is -0.200. The van der Waals surface area contributed by atoms with E-state index in [2.05, 4.69) is 0 Å². The van der Waals surface area contributed by atoms with E-state index >= 15 is 0 Å². The minimum Gasteiger partial charge on any atom is -0.394 e. The summed E-state index contributed by atoms with van der Waals surface area (Å²) in [4.78, 5) is 0. The fraction of sp³-hybridized carbons (Fsp3) is 1.00. The standard InChI is InChI=1S/C7H14O5/c1-3-5(9)6(10)4(2-8)12-7(3)11/h3-11H,2H2,1H3/t3-,4+,5+,6+,7+/m0/s1. The van der Waals surface area contributed by atoms with Gasteiger partial charge in [-0.15, -0.1) is 0 Å². The second-order valence-electron chi connectivity index (χ2n) is 3.09. The molecule has 0 radical (unpaired) electrons. The van der Waals surface area contributed by atoms with Gasteiger partial charge in [-0.05, 0) is 0 Å². The SMILES string of the molecule is C[C@H]1[C@@H](O)[C@H](O)[C@@H](CO)O[C@H]1O. The summed E-state index contributed by atoms with van der Waals surface area (Å²) in [6.07, 6.45) is -4.20. The first-order valence-electron chi connectivity index (χ1n) is 3.88. The second kappa shape index (κ2) is 3.68. The van der Waals surface area contributed by atoms with E-state index in [0.29, 0.717) is 0 Å². The molecule has 12 heavy (non-hydrogen) atoms. The van der Waals surface area contributed by atoms with Crippen molar-refractivity contribution in [3.63, 3.8) is 0 Å². The van der Waals surface area contributed by atoms with Crippen LogP contribution in [-0.2, 0) is 4.74 Å². The Morgan fingerprint density at radius 1 is 1.17 bits per heavy atom. The van der Waals surface area contributed by atoms with Crippen molar-refractivity contribution >= 4 is 0 Å². The van der Waals surface area contributed by atoms with E-state index in [1.54, 1.807) is 6.92 Å². The van der Waals surface area contributed by atoms with Gasteiger partial charge in [0, 0.05) is 5.92 Å². The predicted octanol–water partition coefficient (Wildman–Crippen LogP) is -1.95. The summed E-state index contributed by atoms with van der Waals surface area (Å²) in [7, 11) is 0. The van der Waals surface area contributed by atoms with Gasteiger partial charge >= 0.3 is 0 Å². The van der Waals surface area contributed by atoms with Crippen LogP contribution in [0.2, 0.25) is 0 Å². The van der Waals surface area contributed by atoms with E-state index < -0.39 is 37.1 Å². The quantitative estimate of drug-likeness (QED) is 0.375. The van der Waals surface area contributed by atoms with Crippen LogP contribution in [0.15, 0.2) is 0 Å². The summed E-state index contributed by atoms with van der Waals surface area (Å²) < 4.78 is 4.83. The summed E-state index contributed by atoms with van der Waals surface area (Å²) in [5.41, 5.74) is 0. The van der Waals surface area contributed by atoms with Gasteiger partial charge in [0.05, 0.1) is 12.7 Å². The lowest BCUT2D eigenvalue weighted by molar-refractivity contribution is -0.266. The number of hydrogen-bond acceptors (Lipinski definition) is 5. The molecule has 0 unspecified atom stereocenters. The maximum Gasteiger partial charge on any atom is 0.160 e. The van der Waals surface area contributed by atoms with Gasteiger partial charge in [-0.3, -0.25) is 0 Å². The molecule has 5 atom stereocenters. The molecule has 1 aliphatic rings. The molecule has 4 N–H and O–H groups in total. The molecule has 0 aromatic heterocycles. The van der Waals surface area contributed by atoms with Crippen molar-refractivity contribution < 1.29 is 25.2 Å². The van der Waals surface area contributed by atoms with E-state index in [9.17, 15) is 10.2 Å². The van der Waals surface area contributed by atoms with Gasteiger partial charge < -0.3 is 25.2 Å². The van der Waals surface area contributed by atoms with Crippen molar-refractivity contribution in [1.82, 2.24) is 0 Å². The highest BCUT2D eigenvalue weighted by Gasteiger charge is 2.40. The molecule has 0 amide bonds. The maximum absolute atomic E-state index is 9.32. The fourth-order valence-corrected chi connectivity index (χ4v) is 1.23. The zero-order valence-electron chi connectivity index (χ0n) is 6.79. The van der Waals surface area contributed by atoms with Crippen LogP contribution in [0.3, 0.4) is 0 Å². The van der Waals surface area contributed by atoms with Crippen LogP contribution in [0.1, 0.15) is 6.92 Å². The van der Waals surface area contributed by atoms with Gasteiger partial charge in [0.25, 0.3) is 0 Å². The topological polar surface area (TPSA) is 90.2 Å². The lowest BCUT2D eigenvalue weighted by atomic mass is 9.93. The Kier molecular flexibility index (Phi) is 3.03. The van der Waals surface area contributed by atoms with Crippen molar-refractivity contribution in [1.29, 1.82) is 0 Å². The molecule has 1 heterocycles. The largest absolute Gasteiger partial charge is 0.394 e. The Labute approximate surface area is 70.2 Å². The third kappa shape index (κ3) is 1.60. The number of ether oxygens (including phenoxy) is 1. The van der Waals surface area contributed by atoms with Crippen LogP contribution in [-0.4, -0.2) is 51.6 Å². The van der Waals surface area contributed by atoms with Crippen LogP contribution < -0.4 is 0 Å². The normalized spacial score (nSPS) is 49.2. The Morgan fingerprint density at radius 2 is 1.75 bits per heavy atom. The summed E-state index contributed by atoms with van der Waals surface area (Å²) in [6.45, 7) is 1.15. The number of aliphatic hydroxyl groups excluding tert-OH is 4. The minimum absolute atomic E-state index is 0.415. The summed E-state index contributed by atoms with van der Waals surface area (Å²) in [5.74, 6) is -0.539. The molecule has 1 rings (SSSR count). The van der Waals surface area contributed by atoms with Gasteiger partial charge in [-0.1, -0.05) is 6.92 Å². The van der Waals surface area contributed by atoms with Gasteiger partial charge in [0.1, 0.15) is 12.2 Å². The molecule has 5 heteroatoms. The number of hydrogen-bond donors (Lipinski definition) is 4. The van der Waals surface area contributed by atoms with Crippen LogP contribution in [0.5, 0.6) is 0 Å². The average molecular weight is 178 g/mol. The molecule has 0 spiro atoms. The van der Waals surface area contributed by atoms with E-state index in [1.165, 1.54) is 0 Å². The third-order valence-electron chi connectivity index (χ3n) is 2.21. The molecule has 0 aliphatic carbocycles. The van der Waals surface area contributed by atoms with Crippen molar-refractivity contribution in [2.24, 2.45) is 5.92 Å². The molecule has 1 fully saturated rings. The van der Waals surface area contributed by atoms with Crippen LogP contribution in [0.4, 0.5) is 0 Å². The van der Waals surface area contributed by atoms with Crippen molar-refractivity contribution in [3.8, 4) is 0 Å². The molecule has 0 aromatic rings. The fourth-order valence-electron chi connectivity index (χ4n) is 1.23. The zero-order chi connectivity index (χ0) is 9.30. The highest BCUT2D eigenvalue weighted by atomic mass is 16.6. The zero-order valence-corrected chi connectivity index (χ0v) is 6.79. The molecular formula is C7H14O5.